The summed E-state index contributed by atoms with van der Waals surface area (Å²) in [7, 11) is 1.65. The second-order valence-corrected chi connectivity index (χ2v) is 4.59. The van der Waals surface area contributed by atoms with E-state index in [1.54, 1.807) is 19.2 Å². The standard InChI is InChI=1S/C14H20FNO2/c1-17-8-9-18-14(10-16-13-6-7-13)11-2-4-12(15)5-3-11/h2-5,13-14,16H,6-10H2,1H3. The van der Waals surface area contributed by atoms with Gasteiger partial charge in [-0.25, -0.2) is 4.39 Å². The molecule has 0 bridgehead atoms. The molecular weight excluding hydrogens is 233 g/mol. The molecule has 0 saturated heterocycles. The molecule has 1 aliphatic carbocycles. The number of hydrogen-bond donors (Lipinski definition) is 1. The molecule has 0 aromatic heterocycles. The highest BCUT2D eigenvalue weighted by Crippen LogP contribution is 2.22. The van der Waals surface area contributed by atoms with Crippen LogP contribution in [0.5, 0.6) is 0 Å². The number of nitrogens with one attached hydrogen (secondary N) is 1. The minimum absolute atomic E-state index is 0.0404. The molecule has 1 N–H and O–H groups in total. The average Bonchev–Trinajstić information content (AvgIpc) is 3.19. The smallest absolute Gasteiger partial charge is 0.123 e. The van der Waals surface area contributed by atoms with Crippen molar-refractivity contribution >= 4 is 0 Å². The Hall–Kier alpha value is -0.970. The molecule has 1 aliphatic rings. The van der Waals surface area contributed by atoms with Gasteiger partial charge in [0.05, 0.1) is 19.3 Å². The third-order valence-corrected chi connectivity index (χ3v) is 3.02. The maximum absolute atomic E-state index is 12.9. The lowest BCUT2D eigenvalue weighted by atomic mass is 10.1. The van der Waals surface area contributed by atoms with Gasteiger partial charge in [-0.1, -0.05) is 12.1 Å². The van der Waals surface area contributed by atoms with Crippen LogP contribution in [0.3, 0.4) is 0 Å². The fraction of sp³-hybridized carbons (Fsp3) is 0.571. The van der Waals surface area contributed by atoms with Crippen molar-refractivity contribution in [3.8, 4) is 0 Å². The van der Waals surface area contributed by atoms with Crippen LogP contribution in [0.15, 0.2) is 24.3 Å². The summed E-state index contributed by atoms with van der Waals surface area (Å²) in [5.41, 5.74) is 1.00. The van der Waals surface area contributed by atoms with E-state index in [1.807, 2.05) is 0 Å². The number of ether oxygens (including phenoxy) is 2. The fourth-order valence-corrected chi connectivity index (χ4v) is 1.79. The summed E-state index contributed by atoms with van der Waals surface area (Å²) in [5.74, 6) is -0.218. The minimum Gasteiger partial charge on any atom is -0.382 e. The molecule has 2 rings (SSSR count). The van der Waals surface area contributed by atoms with Gasteiger partial charge in [-0.2, -0.15) is 0 Å². The Balaban J connectivity index is 1.90. The fourth-order valence-electron chi connectivity index (χ4n) is 1.79. The Morgan fingerprint density at radius 3 is 2.61 bits per heavy atom. The van der Waals surface area contributed by atoms with Crippen LogP contribution in [-0.4, -0.2) is 32.9 Å². The van der Waals surface area contributed by atoms with E-state index in [0.29, 0.717) is 19.3 Å². The topological polar surface area (TPSA) is 30.5 Å². The van der Waals surface area contributed by atoms with Crippen molar-refractivity contribution in [2.75, 3.05) is 26.9 Å². The van der Waals surface area contributed by atoms with Crippen molar-refractivity contribution in [2.24, 2.45) is 0 Å². The summed E-state index contributed by atoms with van der Waals surface area (Å²) in [4.78, 5) is 0. The zero-order valence-electron chi connectivity index (χ0n) is 10.7. The third kappa shape index (κ3) is 4.37. The first kappa shape index (κ1) is 13.5. The normalized spacial score (nSPS) is 16.8. The highest BCUT2D eigenvalue weighted by atomic mass is 19.1. The van der Waals surface area contributed by atoms with Crippen molar-refractivity contribution in [3.05, 3.63) is 35.6 Å². The first-order chi connectivity index (χ1) is 8.79. The zero-order valence-corrected chi connectivity index (χ0v) is 10.7. The van der Waals surface area contributed by atoms with Crippen molar-refractivity contribution in [2.45, 2.75) is 25.0 Å². The number of benzene rings is 1. The van der Waals surface area contributed by atoms with E-state index in [4.69, 9.17) is 9.47 Å². The summed E-state index contributed by atoms with van der Waals surface area (Å²) < 4.78 is 23.7. The first-order valence-electron chi connectivity index (χ1n) is 6.39. The SMILES string of the molecule is COCCOC(CNC1CC1)c1ccc(F)cc1. The van der Waals surface area contributed by atoms with Gasteiger partial charge in [0.15, 0.2) is 0 Å². The van der Waals surface area contributed by atoms with E-state index in [1.165, 1.54) is 25.0 Å². The molecule has 1 fully saturated rings. The van der Waals surface area contributed by atoms with E-state index in [2.05, 4.69) is 5.32 Å². The average molecular weight is 253 g/mol. The van der Waals surface area contributed by atoms with E-state index < -0.39 is 0 Å². The summed E-state index contributed by atoms with van der Waals surface area (Å²) in [6.45, 7) is 1.88. The number of rotatable bonds is 8. The van der Waals surface area contributed by atoms with Gasteiger partial charge in [0.2, 0.25) is 0 Å². The molecule has 1 aromatic rings. The van der Waals surface area contributed by atoms with Crippen molar-refractivity contribution in [1.29, 1.82) is 0 Å². The van der Waals surface area contributed by atoms with E-state index in [0.717, 1.165) is 12.1 Å². The lowest BCUT2D eigenvalue weighted by Crippen LogP contribution is -2.26. The largest absolute Gasteiger partial charge is 0.382 e. The van der Waals surface area contributed by atoms with Crippen LogP contribution in [0.4, 0.5) is 4.39 Å². The van der Waals surface area contributed by atoms with Crippen LogP contribution in [0, 0.1) is 5.82 Å². The number of hydrogen-bond acceptors (Lipinski definition) is 3. The highest BCUT2D eigenvalue weighted by molar-refractivity contribution is 5.19. The summed E-state index contributed by atoms with van der Waals surface area (Å²) in [6.07, 6.45) is 2.45. The minimum atomic E-state index is -0.218. The first-order valence-corrected chi connectivity index (χ1v) is 6.39. The molecule has 0 heterocycles. The van der Waals surface area contributed by atoms with E-state index >= 15 is 0 Å². The van der Waals surface area contributed by atoms with Crippen LogP contribution < -0.4 is 5.32 Å². The van der Waals surface area contributed by atoms with Gasteiger partial charge in [-0.3, -0.25) is 0 Å². The summed E-state index contributed by atoms with van der Waals surface area (Å²) >= 11 is 0. The Kier molecular flexibility index (Phi) is 5.11. The molecule has 0 aliphatic heterocycles. The van der Waals surface area contributed by atoms with E-state index in [9.17, 15) is 4.39 Å². The van der Waals surface area contributed by atoms with Gasteiger partial charge in [-0.15, -0.1) is 0 Å². The van der Waals surface area contributed by atoms with E-state index in [-0.39, 0.29) is 11.9 Å². The second-order valence-electron chi connectivity index (χ2n) is 4.59. The maximum atomic E-state index is 12.9. The molecule has 1 aromatic carbocycles. The molecule has 3 nitrogen and oxygen atoms in total. The Bertz CT molecular complexity index is 351. The molecule has 0 amide bonds. The molecule has 0 spiro atoms. The van der Waals surface area contributed by atoms with Gasteiger partial charge in [0, 0.05) is 19.7 Å². The molecule has 1 unspecified atom stereocenters. The molecule has 4 heteroatoms. The molecule has 0 radical (unpaired) electrons. The maximum Gasteiger partial charge on any atom is 0.123 e. The van der Waals surface area contributed by atoms with Crippen molar-refractivity contribution < 1.29 is 13.9 Å². The van der Waals surface area contributed by atoms with Crippen LogP contribution >= 0.6 is 0 Å². The van der Waals surface area contributed by atoms with Gasteiger partial charge < -0.3 is 14.8 Å². The monoisotopic (exact) mass is 253 g/mol. The number of methoxy groups -OCH3 is 1. The van der Waals surface area contributed by atoms with Gasteiger partial charge in [-0.05, 0) is 30.5 Å². The zero-order chi connectivity index (χ0) is 12.8. The quantitative estimate of drug-likeness (QED) is 0.721. The van der Waals surface area contributed by atoms with Crippen molar-refractivity contribution in [3.63, 3.8) is 0 Å². The lowest BCUT2D eigenvalue weighted by Gasteiger charge is -2.19. The van der Waals surface area contributed by atoms with Crippen molar-refractivity contribution in [1.82, 2.24) is 5.32 Å². The number of halogens is 1. The van der Waals surface area contributed by atoms with Gasteiger partial charge in [0.1, 0.15) is 5.82 Å². The molecule has 1 atom stereocenters. The predicted octanol–water partition coefficient (Wildman–Crippen LogP) is 2.28. The Morgan fingerprint density at radius 2 is 2.00 bits per heavy atom. The summed E-state index contributed by atoms with van der Waals surface area (Å²) in [5, 5.41) is 3.44. The molecule has 1 saturated carbocycles. The van der Waals surface area contributed by atoms with Crippen LogP contribution in [0.25, 0.3) is 0 Å². The molecule has 100 valence electrons. The molecular formula is C14H20FNO2. The highest BCUT2D eigenvalue weighted by Gasteiger charge is 2.22. The summed E-state index contributed by atoms with van der Waals surface area (Å²) in [6, 6.07) is 7.14. The van der Waals surface area contributed by atoms with Crippen LogP contribution in [0.2, 0.25) is 0 Å². The van der Waals surface area contributed by atoms with Gasteiger partial charge in [0.25, 0.3) is 0 Å². The van der Waals surface area contributed by atoms with Gasteiger partial charge >= 0.3 is 0 Å². The van der Waals surface area contributed by atoms with Crippen LogP contribution in [0.1, 0.15) is 24.5 Å². The second kappa shape index (κ2) is 6.83. The third-order valence-electron chi connectivity index (χ3n) is 3.02. The lowest BCUT2D eigenvalue weighted by molar-refractivity contribution is 0.0164. The molecule has 18 heavy (non-hydrogen) atoms. The predicted molar refractivity (Wildman–Crippen MR) is 68.0 cm³/mol. The Morgan fingerprint density at radius 1 is 1.28 bits per heavy atom. The Labute approximate surface area is 107 Å². The van der Waals surface area contributed by atoms with Crippen LogP contribution in [-0.2, 0) is 9.47 Å².